The molecule has 3 N–H and O–H groups in total. The first-order valence-corrected chi connectivity index (χ1v) is 4.80. The molecule has 4 nitrogen and oxygen atoms in total. The van der Waals surface area contributed by atoms with E-state index >= 15 is 0 Å². The van der Waals surface area contributed by atoms with Crippen LogP contribution < -0.4 is 0 Å². The van der Waals surface area contributed by atoms with E-state index in [9.17, 15) is 15.0 Å². The standard InChI is InChI=1S/C11H14O4/c1-2-8-9(12)5-7(6-10(8)13)3-4-11(14)15/h5-6,12-13H,2-4H2,1H3,(H,14,15). The molecule has 1 aromatic carbocycles. The van der Waals surface area contributed by atoms with E-state index in [1.165, 1.54) is 12.1 Å². The molecular formula is C11H14O4. The van der Waals surface area contributed by atoms with Crippen molar-refractivity contribution in [2.75, 3.05) is 0 Å². The summed E-state index contributed by atoms with van der Waals surface area (Å²) in [7, 11) is 0. The van der Waals surface area contributed by atoms with Gasteiger partial charge in [0, 0.05) is 12.0 Å². The number of carbonyl (C=O) groups is 1. The highest BCUT2D eigenvalue weighted by molar-refractivity contribution is 5.67. The number of hydrogen-bond donors (Lipinski definition) is 3. The average molecular weight is 210 g/mol. The lowest BCUT2D eigenvalue weighted by Gasteiger charge is -2.07. The summed E-state index contributed by atoms with van der Waals surface area (Å²) in [5.74, 6) is -0.843. The zero-order chi connectivity index (χ0) is 11.4. The number of carboxylic acids is 1. The van der Waals surface area contributed by atoms with Gasteiger partial charge < -0.3 is 15.3 Å². The van der Waals surface area contributed by atoms with Crippen LogP contribution in [0.2, 0.25) is 0 Å². The summed E-state index contributed by atoms with van der Waals surface area (Å²) in [5, 5.41) is 27.5. The number of carboxylic acid groups (broad SMARTS) is 1. The topological polar surface area (TPSA) is 77.8 Å². The van der Waals surface area contributed by atoms with Gasteiger partial charge in [-0.3, -0.25) is 4.79 Å². The Morgan fingerprint density at radius 2 is 1.80 bits per heavy atom. The number of benzene rings is 1. The van der Waals surface area contributed by atoms with Gasteiger partial charge in [0.25, 0.3) is 0 Å². The molecule has 1 rings (SSSR count). The molecule has 0 aliphatic carbocycles. The molecule has 0 fully saturated rings. The van der Waals surface area contributed by atoms with Gasteiger partial charge in [-0.15, -0.1) is 0 Å². The van der Waals surface area contributed by atoms with Gasteiger partial charge >= 0.3 is 5.97 Å². The highest BCUT2D eigenvalue weighted by atomic mass is 16.4. The monoisotopic (exact) mass is 210 g/mol. The summed E-state index contributed by atoms with van der Waals surface area (Å²) < 4.78 is 0. The van der Waals surface area contributed by atoms with Crippen molar-refractivity contribution in [3.8, 4) is 11.5 Å². The molecule has 82 valence electrons. The predicted molar refractivity (Wildman–Crippen MR) is 55.1 cm³/mol. The van der Waals surface area contributed by atoms with Gasteiger partial charge in [-0.1, -0.05) is 6.92 Å². The Labute approximate surface area is 87.8 Å². The molecule has 0 bridgehead atoms. The third-order valence-electron chi connectivity index (χ3n) is 2.24. The van der Waals surface area contributed by atoms with E-state index in [2.05, 4.69) is 0 Å². The number of rotatable bonds is 4. The zero-order valence-corrected chi connectivity index (χ0v) is 8.53. The summed E-state index contributed by atoms with van der Waals surface area (Å²) >= 11 is 0. The normalized spacial score (nSPS) is 10.2. The van der Waals surface area contributed by atoms with E-state index in [1.807, 2.05) is 6.92 Å². The van der Waals surface area contributed by atoms with Crippen molar-refractivity contribution in [1.29, 1.82) is 0 Å². The Kier molecular flexibility index (Phi) is 3.55. The molecule has 0 spiro atoms. The van der Waals surface area contributed by atoms with Crippen LogP contribution in [-0.4, -0.2) is 21.3 Å². The summed E-state index contributed by atoms with van der Waals surface area (Å²) in [6.45, 7) is 1.83. The highest BCUT2D eigenvalue weighted by Gasteiger charge is 2.08. The quantitative estimate of drug-likeness (QED) is 0.706. The number of aryl methyl sites for hydroxylation is 1. The van der Waals surface area contributed by atoms with Crippen molar-refractivity contribution in [2.45, 2.75) is 26.2 Å². The van der Waals surface area contributed by atoms with Gasteiger partial charge in [0.2, 0.25) is 0 Å². The predicted octanol–water partition coefficient (Wildman–Crippen LogP) is 1.68. The van der Waals surface area contributed by atoms with Gasteiger partial charge in [-0.05, 0) is 30.5 Å². The van der Waals surface area contributed by atoms with Gasteiger partial charge in [0.1, 0.15) is 11.5 Å². The highest BCUT2D eigenvalue weighted by Crippen LogP contribution is 2.29. The molecule has 1 aromatic rings. The lowest BCUT2D eigenvalue weighted by molar-refractivity contribution is -0.136. The lowest BCUT2D eigenvalue weighted by atomic mass is 10.0. The van der Waals surface area contributed by atoms with Crippen molar-refractivity contribution < 1.29 is 20.1 Å². The minimum Gasteiger partial charge on any atom is -0.508 e. The Morgan fingerprint density at radius 1 is 1.27 bits per heavy atom. The molecule has 0 saturated heterocycles. The van der Waals surface area contributed by atoms with E-state index < -0.39 is 5.97 Å². The van der Waals surface area contributed by atoms with Crippen molar-refractivity contribution in [2.24, 2.45) is 0 Å². The van der Waals surface area contributed by atoms with Crippen LogP contribution in [0.25, 0.3) is 0 Å². The van der Waals surface area contributed by atoms with Crippen molar-refractivity contribution in [1.82, 2.24) is 0 Å². The summed E-state index contributed by atoms with van der Waals surface area (Å²) in [6, 6.07) is 3.00. The van der Waals surface area contributed by atoms with E-state index in [-0.39, 0.29) is 17.9 Å². The molecule has 4 heteroatoms. The fourth-order valence-corrected chi connectivity index (χ4v) is 1.46. The minimum absolute atomic E-state index is 0.00957. The molecule has 0 aliphatic heterocycles. The van der Waals surface area contributed by atoms with Gasteiger partial charge in [-0.25, -0.2) is 0 Å². The zero-order valence-electron chi connectivity index (χ0n) is 8.53. The smallest absolute Gasteiger partial charge is 0.303 e. The Balaban J connectivity index is 2.88. The number of aliphatic carboxylic acids is 1. The van der Waals surface area contributed by atoms with Crippen LogP contribution >= 0.6 is 0 Å². The molecular weight excluding hydrogens is 196 g/mol. The molecule has 0 saturated carbocycles. The maximum absolute atomic E-state index is 10.3. The molecule has 15 heavy (non-hydrogen) atoms. The molecule has 0 atom stereocenters. The average Bonchev–Trinajstić information content (AvgIpc) is 2.14. The largest absolute Gasteiger partial charge is 0.508 e. The third-order valence-corrected chi connectivity index (χ3v) is 2.24. The van der Waals surface area contributed by atoms with Crippen molar-refractivity contribution >= 4 is 5.97 Å². The first-order valence-electron chi connectivity index (χ1n) is 4.80. The summed E-state index contributed by atoms with van der Waals surface area (Å²) in [6.07, 6.45) is 0.835. The Hall–Kier alpha value is -1.71. The Bertz CT molecular complexity index is 348. The number of aromatic hydroxyl groups is 2. The minimum atomic E-state index is -0.895. The third kappa shape index (κ3) is 2.87. The fraction of sp³-hybridized carbons (Fsp3) is 0.364. The van der Waals surface area contributed by atoms with Crippen molar-refractivity contribution in [3.05, 3.63) is 23.3 Å². The van der Waals surface area contributed by atoms with Crippen LogP contribution in [0.15, 0.2) is 12.1 Å². The first kappa shape index (κ1) is 11.4. The lowest BCUT2D eigenvalue weighted by Crippen LogP contribution is -1.98. The Morgan fingerprint density at radius 3 is 2.20 bits per heavy atom. The van der Waals surface area contributed by atoms with E-state index in [1.54, 1.807) is 0 Å². The van der Waals surface area contributed by atoms with Crippen molar-refractivity contribution in [3.63, 3.8) is 0 Å². The van der Waals surface area contributed by atoms with E-state index in [0.717, 1.165) is 0 Å². The molecule has 0 radical (unpaired) electrons. The molecule has 0 aromatic heterocycles. The van der Waals surface area contributed by atoms with Crippen LogP contribution in [0.3, 0.4) is 0 Å². The molecule has 0 unspecified atom stereocenters. The number of phenolic OH excluding ortho intramolecular Hbond substituents is 2. The molecule has 0 heterocycles. The van der Waals surface area contributed by atoms with Crippen LogP contribution in [0.5, 0.6) is 11.5 Å². The van der Waals surface area contributed by atoms with Crippen LogP contribution in [0.1, 0.15) is 24.5 Å². The molecule has 0 amide bonds. The van der Waals surface area contributed by atoms with Gasteiger partial charge in [0.05, 0.1) is 0 Å². The maximum Gasteiger partial charge on any atom is 0.303 e. The second kappa shape index (κ2) is 4.68. The van der Waals surface area contributed by atoms with E-state index in [0.29, 0.717) is 24.0 Å². The van der Waals surface area contributed by atoms with Gasteiger partial charge in [0.15, 0.2) is 0 Å². The van der Waals surface area contributed by atoms with Crippen LogP contribution in [0, 0.1) is 0 Å². The van der Waals surface area contributed by atoms with Gasteiger partial charge in [-0.2, -0.15) is 0 Å². The second-order valence-corrected chi connectivity index (χ2v) is 3.36. The first-order chi connectivity index (χ1) is 7.04. The molecule has 0 aliphatic rings. The fourth-order valence-electron chi connectivity index (χ4n) is 1.46. The SMILES string of the molecule is CCc1c(O)cc(CCC(=O)O)cc1O. The second-order valence-electron chi connectivity index (χ2n) is 3.36. The number of hydrogen-bond acceptors (Lipinski definition) is 3. The van der Waals surface area contributed by atoms with Crippen LogP contribution in [0.4, 0.5) is 0 Å². The van der Waals surface area contributed by atoms with E-state index in [4.69, 9.17) is 5.11 Å². The summed E-state index contributed by atoms with van der Waals surface area (Å²) in [5.41, 5.74) is 1.12. The van der Waals surface area contributed by atoms with Crippen LogP contribution in [-0.2, 0) is 17.6 Å². The maximum atomic E-state index is 10.3. The summed E-state index contributed by atoms with van der Waals surface area (Å²) in [4.78, 5) is 10.3. The number of phenols is 2.